The summed E-state index contributed by atoms with van der Waals surface area (Å²) < 4.78 is 14.2. The van der Waals surface area contributed by atoms with Crippen LogP contribution in [0.1, 0.15) is 59.4 Å². The van der Waals surface area contributed by atoms with E-state index in [-0.39, 0.29) is 24.4 Å². The molecule has 7 nitrogen and oxygen atoms in total. The summed E-state index contributed by atoms with van der Waals surface area (Å²) in [6, 6.07) is 0.814. The van der Waals surface area contributed by atoms with Crippen molar-refractivity contribution >= 4 is 18.6 Å². The van der Waals surface area contributed by atoms with E-state index in [1.165, 1.54) is 0 Å². The highest BCUT2D eigenvalue weighted by atomic mass is 16.7. The fourth-order valence-electron chi connectivity index (χ4n) is 3.48. The Morgan fingerprint density at radius 3 is 2.35 bits per heavy atom. The first-order valence-corrected chi connectivity index (χ1v) is 9.70. The fourth-order valence-corrected chi connectivity index (χ4v) is 3.48. The van der Waals surface area contributed by atoms with Gasteiger partial charge in [-0.15, -0.1) is 0 Å². The number of carbonyl (C=O) groups excluding carboxylic acids is 1. The molecule has 1 aromatic heterocycles. The van der Waals surface area contributed by atoms with Gasteiger partial charge in [-0.1, -0.05) is 0 Å². The number of urea groups is 1. The van der Waals surface area contributed by atoms with Gasteiger partial charge >= 0.3 is 13.1 Å². The predicted molar refractivity (Wildman–Crippen MR) is 99.3 cm³/mol. The molecule has 2 saturated heterocycles. The van der Waals surface area contributed by atoms with E-state index in [9.17, 15) is 4.79 Å². The Morgan fingerprint density at radius 2 is 1.77 bits per heavy atom. The average Bonchev–Trinajstić information content (AvgIpc) is 3.19. The van der Waals surface area contributed by atoms with Gasteiger partial charge in [0.1, 0.15) is 0 Å². The van der Waals surface area contributed by atoms with Crippen LogP contribution in [0.25, 0.3) is 0 Å². The van der Waals surface area contributed by atoms with Gasteiger partial charge < -0.3 is 19.5 Å². The summed E-state index contributed by atoms with van der Waals surface area (Å²) in [4.78, 5) is 14.1. The molecule has 0 atom stereocenters. The Hall–Kier alpha value is -1.54. The molecule has 1 N–H and O–H groups in total. The smallest absolute Gasteiger partial charge is 0.399 e. The maximum Gasteiger partial charge on any atom is 0.498 e. The number of carbonyl (C=O) groups is 1. The maximum atomic E-state index is 12.2. The molecular formula is C18H29BN4O3. The quantitative estimate of drug-likeness (QED) is 0.833. The van der Waals surface area contributed by atoms with Crippen LogP contribution in [0.5, 0.6) is 0 Å². The van der Waals surface area contributed by atoms with Crippen LogP contribution in [0.2, 0.25) is 0 Å². The third-order valence-electron chi connectivity index (χ3n) is 6.18. The lowest BCUT2D eigenvalue weighted by molar-refractivity contribution is 0.00578. The number of hydrogen-bond acceptors (Lipinski definition) is 4. The molecule has 142 valence electrons. The molecule has 1 aliphatic carbocycles. The molecule has 3 heterocycles. The second kappa shape index (κ2) is 6.27. The van der Waals surface area contributed by atoms with Crippen molar-refractivity contribution in [3.63, 3.8) is 0 Å². The molecule has 2 aliphatic heterocycles. The molecule has 0 aromatic carbocycles. The molecular weight excluding hydrogens is 331 g/mol. The van der Waals surface area contributed by atoms with E-state index in [0.717, 1.165) is 44.2 Å². The second-order valence-electron chi connectivity index (χ2n) is 8.78. The molecule has 8 heteroatoms. The van der Waals surface area contributed by atoms with E-state index in [4.69, 9.17) is 9.31 Å². The van der Waals surface area contributed by atoms with E-state index in [1.54, 1.807) is 0 Å². The molecule has 3 aliphatic rings. The SMILES string of the molecule is CC1(C)OB(c2cnn(C3CCN(C(=O)NC4CC4)CC3)c2)OC1(C)C. The summed E-state index contributed by atoms with van der Waals surface area (Å²) >= 11 is 0. The van der Waals surface area contributed by atoms with Gasteiger partial charge in [-0.05, 0) is 53.4 Å². The number of nitrogens with zero attached hydrogens (tertiary/aromatic N) is 3. The Labute approximate surface area is 155 Å². The Balaban J connectivity index is 1.35. The molecule has 26 heavy (non-hydrogen) atoms. The lowest BCUT2D eigenvalue weighted by Crippen LogP contribution is -2.45. The number of amides is 2. The number of piperidine rings is 1. The van der Waals surface area contributed by atoms with Crippen LogP contribution in [-0.4, -0.2) is 58.2 Å². The highest BCUT2D eigenvalue weighted by Crippen LogP contribution is 2.36. The lowest BCUT2D eigenvalue weighted by atomic mass is 9.82. The lowest BCUT2D eigenvalue weighted by Gasteiger charge is -2.32. The van der Waals surface area contributed by atoms with Gasteiger partial charge in [-0.25, -0.2) is 4.79 Å². The summed E-state index contributed by atoms with van der Waals surface area (Å²) in [7, 11) is -0.377. The second-order valence-corrected chi connectivity index (χ2v) is 8.78. The van der Waals surface area contributed by atoms with Crippen molar-refractivity contribution in [3.8, 4) is 0 Å². The Bertz CT molecular complexity index is 662. The van der Waals surface area contributed by atoms with Gasteiger partial charge in [-0.2, -0.15) is 5.10 Å². The number of rotatable bonds is 3. The monoisotopic (exact) mass is 360 g/mol. The Kier molecular flexibility index (Phi) is 4.31. The third-order valence-corrected chi connectivity index (χ3v) is 6.18. The van der Waals surface area contributed by atoms with Gasteiger partial charge in [0.2, 0.25) is 0 Å². The minimum absolute atomic E-state index is 0.0873. The summed E-state index contributed by atoms with van der Waals surface area (Å²) in [6.07, 6.45) is 7.96. The van der Waals surface area contributed by atoms with Gasteiger partial charge in [0.25, 0.3) is 0 Å². The van der Waals surface area contributed by atoms with Crippen LogP contribution >= 0.6 is 0 Å². The summed E-state index contributed by atoms with van der Waals surface area (Å²) in [5.74, 6) is 0. The molecule has 4 rings (SSSR count). The van der Waals surface area contributed by atoms with E-state index < -0.39 is 0 Å². The molecule has 2 amide bonds. The average molecular weight is 360 g/mol. The van der Waals surface area contributed by atoms with Crippen LogP contribution < -0.4 is 10.8 Å². The van der Waals surface area contributed by atoms with Crippen molar-refractivity contribution in [2.45, 2.75) is 76.7 Å². The van der Waals surface area contributed by atoms with Gasteiger partial charge in [0.15, 0.2) is 0 Å². The number of nitrogens with one attached hydrogen (secondary N) is 1. The number of aromatic nitrogens is 2. The number of likely N-dealkylation sites (tertiary alicyclic amines) is 1. The normalized spacial score (nSPS) is 25.5. The van der Waals surface area contributed by atoms with Crippen LogP contribution in [0, 0.1) is 0 Å². The molecule has 0 bridgehead atoms. The molecule has 0 spiro atoms. The van der Waals surface area contributed by atoms with Crippen molar-refractivity contribution < 1.29 is 14.1 Å². The van der Waals surface area contributed by atoms with Crippen LogP contribution in [0.15, 0.2) is 12.4 Å². The zero-order chi connectivity index (χ0) is 18.5. The van der Waals surface area contributed by atoms with Gasteiger partial charge in [-0.3, -0.25) is 4.68 Å². The molecule has 0 unspecified atom stereocenters. The minimum atomic E-state index is -0.377. The third kappa shape index (κ3) is 3.36. The molecule has 0 radical (unpaired) electrons. The summed E-state index contributed by atoms with van der Waals surface area (Å²) in [5.41, 5.74) is 0.262. The molecule has 1 saturated carbocycles. The maximum absolute atomic E-state index is 12.2. The van der Waals surface area contributed by atoms with E-state index in [1.807, 2.05) is 22.0 Å². The van der Waals surface area contributed by atoms with Gasteiger partial charge in [0, 0.05) is 37.0 Å². The topological polar surface area (TPSA) is 68.6 Å². The molecule has 3 fully saturated rings. The Morgan fingerprint density at radius 1 is 1.15 bits per heavy atom. The van der Waals surface area contributed by atoms with Crippen LogP contribution in [0.4, 0.5) is 4.79 Å². The largest absolute Gasteiger partial charge is 0.498 e. The van der Waals surface area contributed by atoms with Crippen LogP contribution in [-0.2, 0) is 9.31 Å². The van der Waals surface area contributed by atoms with Crippen molar-refractivity contribution in [1.29, 1.82) is 0 Å². The van der Waals surface area contributed by atoms with E-state index >= 15 is 0 Å². The first-order chi connectivity index (χ1) is 12.2. The van der Waals surface area contributed by atoms with E-state index in [0.29, 0.717) is 12.1 Å². The van der Waals surface area contributed by atoms with Crippen molar-refractivity contribution in [1.82, 2.24) is 20.0 Å². The zero-order valence-electron chi connectivity index (χ0n) is 16.2. The standard InChI is InChI=1S/C18H29BN4O3/c1-17(2)18(3,4)26-19(25-17)13-11-20-23(12-13)15-7-9-22(10-8-15)16(24)21-14-5-6-14/h11-12,14-15H,5-10H2,1-4H3,(H,21,24). The van der Waals surface area contributed by atoms with E-state index in [2.05, 4.69) is 38.1 Å². The van der Waals surface area contributed by atoms with Crippen LogP contribution in [0.3, 0.4) is 0 Å². The molecule has 1 aromatic rings. The minimum Gasteiger partial charge on any atom is -0.399 e. The summed E-state index contributed by atoms with van der Waals surface area (Å²) in [5, 5.41) is 7.61. The van der Waals surface area contributed by atoms with Crippen molar-refractivity contribution in [2.75, 3.05) is 13.1 Å². The first kappa shape index (κ1) is 17.9. The van der Waals surface area contributed by atoms with Gasteiger partial charge in [0.05, 0.1) is 17.2 Å². The fraction of sp³-hybridized carbons (Fsp3) is 0.778. The highest BCUT2D eigenvalue weighted by molar-refractivity contribution is 6.62. The predicted octanol–water partition coefficient (Wildman–Crippen LogP) is 1.69. The van der Waals surface area contributed by atoms with Crippen molar-refractivity contribution in [3.05, 3.63) is 12.4 Å². The zero-order valence-corrected chi connectivity index (χ0v) is 16.2. The highest BCUT2D eigenvalue weighted by Gasteiger charge is 2.52. The number of hydrogen-bond donors (Lipinski definition) is 1. The first-order valence-electron chi connectivity index (χ1n) is 9.70. The van der Waals surface area contributed by atoms with Crippen molar-refractivity contribution in [2.24, 2.45) is 0 Å². The summed E-state index contributed by atoms with van der Waals surface area (Å²) in [6.45, 7) is 9.77.